The van der Waals surface area contributed by atoms with Crippen LogP contribution in [0.25, 0.3) is 0 Å². The predicted molar refractivity (Wildman–Crippen MR) is 55.5 cm³/mol. The van der Waals surface area contributed by atoms with Gasteiger partial charge in [-0.05, 0) is 36.6 Å². The molecule has 1 heterocycles. The lowest BCUT2D eigenvalue weighted by Crippen LogP contribution is -2.35. The molecule has 0 aliphatic carbocycles. The largest absolute Gasteiger partial charge is 0.486 e. The maximum atomic E-state index is 13.0. The van der Waals surface area contributed by atoms with E-state index in [1.165, 1.54) is 19.2 Å². The Morgan fingerprint density at radius 2 is 2.44 bits per heavy atom. The SMILES string of the molecule is COC(C#N)C1CCc2cc(F)ccc2O1. The van der Waals surface area contributed by atoms with Crippen molar-refractivity contribution in [2.45, 2.75) is 25.0 Å². The summed E-state index contributed by atoms with van der Waals surface area (Å²) in [7, 11) is 1.48. The summed E-state index contributed by atoms with van der Waals surface area (Å²) in [5.74, 6) is 0.388. The molecule has 1 aliphatic rings. The molecule has 1 aromatic rings. The second-order valence-electron chi connectivity index (χ2n) is 3.73. The maximum Gasteiger partial charge on any atom is 0.180 e. The van der Waals surface area contributed by atoms with Crippen LogP contribution in [0.3, 0.4) is 0 Å². The van der Waals surface area contributed by atoms with Crippen molar-refractivity contribution in [1.29, 1.82) is 5.26 Å². The van der Waals surface area contributed by atoms with E-state index in [-0.39, 0.29) is 11.9 Å². The van der Waals surface area contributed by atoms with E-state index in [9.17, 15) is 4.39 Å². The van der Waals surface area contributed by atoms with Crippen molar-refractivity contribution >= 4 is 0 Å². The fourth-order valence-electron chi connectivity index (χ4n) is 1.88. The Labute approximate surface area is 93.4 Å². The molecule has 0 amide bonds. The first-order valence-corrected chi connectivity index (χ1v) is 5.12. The van der Waals surface area contributed by atoms with Crippen LogP contribution in [0.5, 0.6) is 5.75 Å². The van der Waals surface area contributed by atoms with Gasteiger partial charge in [0.2, 0.25) is 0 Å². The third-order valence-electron chi connectivity index (χ3n) is 2.72. The first-order chi connectivity index (χ1) is 7.74. The molecule has 0 radical (unpaired) electrons. The van der Waals surface area contributed by atoms with Gasteiger partial charge in [0, 0.05) is 7.11 Å². The van der Waals surface area contributed by atoms with E-state index in [0.717, 1.165) is 5.56 Å². The highest BCUT2D eigenvalue weighted by Gasteiger charge is 2.27. The van der Waals surface area contributed by atoms with Crippen LogP contribution >= 0.6 is 0 Å². The molecule has 1 aromatic carbocycles. The Balaban J connectivity index is 2.18. The molecule has 2 atom stereocenters. The Hall–Kier alpha value is -1.60. The number of halogens is 1. The molecule has 1 aliphatic heterocycles. The summed E-state index contributed by atoms with van der Waals surface area (Å²) in [5, 5.41) is 8.86. The fraction of sp³-hybridized carbons (Fsp3) is 0.417. The van der Waals surface area contributed by atoms with E-state index in [1.54, 1.807) is 6.07 Å². The van der Waals surface area contributed by atoms with Gasteiger partial charge in [0.25, 0.3) is 0 Å². The average Bonchev–Trinajstić information content (AvgIpc) is 2.31. The van der Waals surface area contributed by atoms with Gasteiger partial charge in [-0.15, -0.1) is 0 Å². The molecule has 0 fully saturated rings. The van der Waals surface area contributed by atoms with Gasteiger partial charge in [-0.3, -0.25) is 0 Å². The van der Waals surface area contributed by atoms with E-state index in [2.05, 4.69) is 0 Å². The van der Waals surface area contributed by atoms with Crippen LogP contribution in [0.2, 0.25) is 0 Å². The van der Waals surface area contributed by atoms with E-state index in [0.29, 0.717) is 18.6 Å². The van der Waals surface area contributed by atoms with Gasteiger partial charge in [-0.2, -0.15) is 5.26 Å². The number of hydrogen-bond donors (Lipinski definition) is 0. The van der Waals surface area contributed by atoms with Crippen molar-refractivity contribution in [2.75, 3.05) is 7.11 Å². The third-order valence-corrected chi connectivity index (χ3v) is 2.72. The Morgan fingerprint density at radius 1 is 1.62 bits per heavy atom. The number of fused-ring (bicyclic) bond motifs is 1. The molecule has 84 valence electrons. The summed E-state index contributed by atoms with van der Waals surface area (Å²) >= 11 is 0. The normalized spacial score (nSPS) is 20.4. The highest BCUT2D eigenvalue weighted by Crippen LogP contribution is 2.29. The molecule has 0 saturated carbocycles. The Morgan fingerprint density at radius 3 is 3.12 bits per heavy atom. The summed E-state index contributed by atoms with van der Waals surface area (Å²) in [6.07, 6.45) is 0.535. The highest BCUT2D eigenvalue weighted by molar-refractivity contribution is 5.36. The van der Waals surface area contributed by atoms with Gasteiger partial charge in [-0.1, -0.05) is 0 Å². The van der Waals surface area contributed by atoms with Gasteiger partial charge in [-0.25, -0.2) is 4.39 Å². The standard InChI is InChI=1S/C12H12FNO2/c1-15-12(7-14)11-4-2-8-6-9(13)3-5-10(8)16-11/h3,5-6,11-12H,2,4H2,1H3. The van der Waals surface area contributed by atoms with Crippen molar-refractivity contribution in [1.82, 2.24) is 0 Å². The minimum atomic E-state index is -0.571. The van der Waals surface area contributed by atoms with Crippen LogP contribution in [0.15, 0.2) is 18.2 Å². The average molecular weight is 221 g/mol. The number of methoxy groups -OCH3 is 1. The summed E-state index contributed by atoms with van der Waals surface area (Å²) in [6, 6.07) is 6.47. The molecule has 0 saturated heterocycles. The molecule has 4 heteroatoms. The van der Waals surface area contributed by atoms with E-state index >= 15 is 0 Å². The zero-order chi connectivity index (χ0) is 11.5. The fourth-order valence-corrected chi connectivity index (χ4v) is 1.88. The predicted octanol–water partition coefficient (Wildman–Crippen LogP) is 2.06. The molecular weight excluding hydrogens is 209 g/mol. The number of nitrogens with zero attached hydrogens (tertiary/aromatic N) is 1. The monoisotopic (exact) mass is 221 g/mol. The van der Waals surface area contributed by atoms with Crippen LogP contribution in [0.1, 0.15) is 12.0 Å². The number of nitriles is 1. The number of benzene rings is 1. The van der Waals surface area contributed by atoms with Crippen molar-refractivity contribution in [3.8, 4) is 11.8 Å². The van der Waals surface area contributed by atoms with Crippen LogP contribution in [0, 0.1) is 17.1 Å². The molecule has 0 spiro atoms. The second kappa shape index (κ2) is 4.50. The van der Waals surface area contributed by atoms with Crippen molar-refractivity contribution in [3.63, 3.8) is 0 Å². The number of aryl methyl sites for hydroxylation is 1. The Kier molecular flexibility index (Phi) is 3.07. The first kappa shape index (κ1) is 10.9. The van der Waals surface area contributed by atoms with Crippen LogP contribution in [-0.2, 0) is 11.2 Å². The molecule has 2 unspecified atom stereocenters. The van der Waals surface area contributed by atoms with Gasteiger partial charge in [0.1, 0.15) is 17.7 Å². The van der Waals surface area contributed by atoms with E-state index in [1.807, 2.05) is 6.07 Å². The van der Waals surface area contributed by atoms with Gasteiger partial charge >= 0.3 is 0 Å². The van der Waals surface area contributed by atoms with Crippen LogP contribution in [0.4, 0.5) is 4.39 Å². The lowest BCUT2D eigenvalue weighted by molar-refractivity contribution is 0.0254. The highest BCUT2D eigenvalue weighted by atomic mass is 19.1. The maximum absolute atomic E-state index is 13.0. The zero-order valence-corrected chi connectivity index (χ0v) is 8.94. The van der Waals surface area contributed by atoms with Crippen molar-refractivity contribution in [2.24, 2.45) is 0 Å². The van der Waals surface area contributed by atoms with E-state index in [4.69, 9.17) is 14.7 Å². The van der Waals surface area contributed by atoms with Gasteiger partial charge in [0.05, 0.1) is 6.07 Å². The van der Waals surface area contributed by atoms with Crippen LogP contribution < -0.4 is 4.74 Å². The van der Waals surface area contributed by atoms with Crippen molar-refractivity contribution < 1.29 is 13.9 Å². The molecule has 0 aromatic heterocycles. The minimum Gasteiger partial charge on any atom is -0.486 e. The lowest BCUT2D eigenvalue weighted by Gasteiger charge is -2.28. The number of hydrogen-bond acceptors (Lipinski definition) is 3. The lowest BCUT2D eigenvalue weighted by atomic mass is 9.99. The molecule has 16 heavy (non-hydrogen) atoms. The first-order valence-electron chi connectivity index (χ1n) is 5.12. The third kappa shape index (κ3) is 2.00. The summed E-state index contributed by atoms with van der Waals surface area (Å²) in [6.45, 7) is 0. The topological polar surface area (TPSA) is 42.2 Å². The molecule has 2 rings (SSSR count). The molecule has 0 bridgehead atoms. The quantitative estimate of drug-likeness (QED) is 0.767. The smallest absolute Gasteiger partial charge is 0.180 e. The van der Waals surface area contributed by atoms with Crippen molar-refractivity contribution in [3.05, 3.63) is 29.6 Å². The summed E-state index contributed by atoms with van der Waals surface area (Å²) in [5.41, 5.74) is 0.851. The Bertz CT molecular complexity index is 428. The van der Waals surface area contributed by atoms with E-state index < -0.39 is 6.10 Å². The minimum absolute atomic E-state index is 0.260. The number of ether oxygens (including phenoxy) is 2. The molecular formula is C12H12FNO2. The summed E-state index contributed by atoms with van der Waals surface area (Å²) in [4.78, 5) is 0. The molecule has 3 nitrogen and oxygen atoms in total. The van der Waals surface area contributed by atoms with Crippen LogP contribution in [-0.4, -0.2) is 19.3 Å². The second-order valence-corrected chi connectivity index (χ2v) is 3.73. The zero-order valence-electron chi connectivity index (χ0n) is 8.94. The summed E-state index contributed by atoms with van der Waals surface area (Å²) < 4.78 is 23.6. The molecule has 0 N–H and O–H groups in total. The van der Waals surface area contributed by atoms with Gasteiger partial charge < -0.3 is 9.47 Å². The van der Waals surface area contributed by atoms with Gasteiger partial charge in [0.15, 0.2) is 6.10 Å². The number of rotatable bonds is 2.